The van der Waals surface area contributed by atoms with Crippen molar-refractivity contribution in [3.8, 4) is 0 Å². The maximum Gasteiger partial charge on any atom is 0.262 e. The van der Waals surface area contributed by atoms with Gasteiger partial charge in [-0.3, -0.25) is 14.4 Å². The van der Waals surface area contributed by atoms with Crippen LogP contribution in [0.25, 0.3) is 0 Å². The van der Waals surface area contributed by atoms with E-state index in [1.807, 2.05) is 0 Å². The third-order valence-electron chi connectivity index (χ3n) is 1.42. The second kappa shape index (κ2) is 5.59. The predicted molar refractivity (Wildman–Crippen MR) is 52.2 cm³/mol. The zero-order valence-electron chi connectivity index (χ0n) is 9.14. The number of amides is 2. The van der Waals surface area contributed by atoms with E-state index < -0.39 is 5.41 Å². The Balaban J connectivity index is 3.73. The standard InChI is InChI=1S/C9H18N2O3/c1-5-14-11-7(12)6-10-8(13)9(2,3)4/h5-6H2,1-4H3,(H,10,13)(H,11,12). The van der Waals surface area contributed by atoms with Crippen molar-refractivity contribution >= 4 is 11.8 Å². The van der Waals surface area contributed by atoms with Gasteiger partial charge in [-0.1, -0.05) is 20.8 Å². The fourth-order valence-electron chi connectivity index (χ4n) is 0.614. The third-order valence-corrected chi connectivity index (χ3v) is 1.42. The highest BCUT2D eigenvalue weighted by molar-refractivity contribution is 5.86. The average Bonchev–Trinajstić information content (AvgIpc) is 2.09. The monoisotopic (exact) mass is 202 g/mol. The zero-order chi connectivity index (χ0) is 11.2. The molecule has 0 unspecified atom stereocenters. The van der Waals surface area contributed by atoms with E-state index in [9.17, 15) is 9.59 Å². The molecule has 82 valence electrons. The van der Waals surface area contributed by atoms with Crippen LogP contribution in [0, 0.1) is 5.41 Å². The fourth-order valence-corrected chi connectivity index (χ4v) is 0.614. The van der Waals surface area contributed by atoms with Crippen LogP contribution in [0.5, 0.6) is 0 Å². The van der Waals surface area contributed by atoms with E-state index in [4.69, 9.17) is 0 Å². The topological polar surface area (TPSA) is 67.4 Å². The minimum absolute atomic E-state index is 0.0594. The van der Waals surface area contributed by atoms with Crippen molar-refractivity contribution in [3.05, 3.63) is 0 Å². The number of carbonyl (C=O) groups is 2. The van der Waals surface area contributed by atoms with E-state index in [1.54, 1.807) is 27.7 Å². The minimum atomic E-state index is -0.480. The van der Waals surface area contributed by atoms with E-state index in [0.717, 1.165) is 0 Å². The second-order valence-electron chi connectivity index (χ2n) is 3.89. The van der Waals surface area contributed by atoms with Crippen LogP contribution in [0.4, 0.5) is 0 Å². The van der Waals surface area contributed by atoms with Crippen LogP contribution in [0.15, 0.2) is 0 Å². The van der Waals surface area contributed by atoms with Gasteiger partial charge in [0.05, 0.1) is 13.2 Å². The van der Waals surface area contributed by atoms with Crippen molar-refractivity contribution in [3.63, 3.8) is 0 Å². The fraction of sp³-hybridized carbons (Fsp3) is 0.778. The number of hydrogen-bond donors (Lipinski definition) is 2. The van der Waals surface area contributed by atoms with E-state index in [2.05, 4.69) is 15.6 Å². The minimum Gasteiger partial charge on any atom is -0.346 e. The Bertz CT molecular complexity index is 209. The summed E-state index contributed by atoms with van der Waals surface area (Å²) >= 11 is 0. The Hall–Kier alpha value is -1.10. The lowest BCUT2D eigenvalue weighted by atomic mass is 9.96. The summed E-state index contributed by atoms with van der Waals surface area (Å²) in [6.45, 7) is 7.44. The summed E-state index contributed by atoms with van der Waals surface area (Å²) in [5.41, 5.74) is 1.71. The Morgan fingerprint density at radius 2 is 1.86 bits per heavy atom. The highest BCUT2D eigenvalue weighted by Gasteiger charge is 2.21. The number of nitrogens with one attached hydrogen (secondary N) is 2. The van der Waals surface area contributed by atoms with E-state index in [-0.39, 0.29) is 18.4 Å². The van der Waals surface area contributed by atoms with Crippen LogP contribution < -0.4 is 10.8 Å². The number of rotatable bonds is 4. The molecule has 0 saturated carbocycles. The normalized spacial score (nSPS) is 10.9. The third kappa shape index (κ3) is 5.53. The molecule has 0 atom stereocenters. The molecule has 0 aromatic rings. The first-order chi connectivity index (χ1) is 6.38. The first-order valence-corrected chi connectivity index (χ1v) is 4.57. The molecule has 0 aliphatic rings. The Morgan fingerprint density at radius 1 is 1.29 bits per heavy atom. The summed E-state index contributed by atoms with van der Waals surface area (Å²) in [6.07, 6.45) is 0. The molecule has 0 aromatic heterocycles. The van der Waals surface area contributed by atoms with Gasteiger partial charge in [0.15, 0.2) is 0 Å². The molecule has 0 fully saturated rings. The van der Waals surface area contributed by atoms with Gasteiger partial charge in [0.25, 0.3) is 5.91 Å². The van der Waals surface area contributed by atoms with Gasteiger partial charge in [-0.25, -0.2) is 5.48 Å². The molecule has 0 aliphatic carbocycles. The van der Waals surface area contributed by atoms with E-state index >= 15 is 0 Å². The first kappa shape index (κ1) is 12.9. The maximum absolute atomic E-state index is 11.3. The molecule has 2 N–H and O–H groups in total. The van der Waals surface area contributed by atoms with Crippen LogP contribution in [0.1, 0.15) is 27.7 Å². The van der Waals surface area contributed by atoms with Crippen molar-refractivity contribution in [1.29, 1.82) is 0 Å². The summed E-state index contributed by atoms with van der Waals surface area (Å²) in [5, 5.41) is 2.50. The average molecular weight is 202 g/mol. The summed E-state index contributed by atoms with van der Waals surface area (Å²) in [5.74, 6) is -0.520. The van der Waals surface area contributed by atoms with Crippen molar-refractivity contribution in [1.82, 2.24) is 10.8 Å². The van der Waals surface area contributed by atoms with E-state index in [1.165, 1.54) is 0 Å². The van der Waals surface area contributed by atoms with Gasteiger partial charge in [0.2, 0.25) is 5.91 Å². The molecule has 0 heterocycles. The molecule has 0 rings (SSSR count). The molecule has 2 amide bonds. The largest absolute Gasteiger partial charge is 0.346 e. The summed E-state index contributed by atoms with van der Waals surface area (Å²) in [4.78, 5) is 27.0. The highest BCUT2D eigenvalue weighted by Crippen LogP contribution is 2.11. The van der Waals surface area contributed by atoms with E-state index in [0.29, 0.717) is 6.61 Å². The second-order valence-corrected chi connectivity index (χ2v) is 3.89. The molecule has 0 aliphatic heterocycles. The maximum atomic E-state index is 11.3. The molecule has 0 bridgehead atoms. The van der Waals surface area contributed by atoms with Gasteiger partial charge in [-0.15, -0.1) is 0 Å². The lowest BCUT2D eigenvalue weighted by Gasteiger charge is -2.17. The molecule has 0 spiro atoms. The van der Waals surface area contributed by atoms with Crippen molar-refractivity contribution in [2.45, 2.75) is 27.7 Å². The van der Waals surface area contributed by atoms with Crippen molar-refractivity contribution < 1.29 is 14.4 Å². The van der Waals surface area contributed by atoms with Gasteiger partial charge in [-0.05, 0) is 6.92 Å². The number of hydroxylamine groups is 1. The van der Waals surface area contributed by atoms with Gasteiger partial charge in [0, 0.05) is 5.41 Å². The number of carbonyl (C=O) groups excluding carboxylic acids is 2. The smallest absolute Gasteiger partial charge is 0.262 e. The first-order valence-electron chi connectivity index (χ1n) is 4.57. The predicted octanol–water partition coefficient (Wildman–Crippen LogP) is 0.216. The van der Waals surface area contributed by atoms with Gasteiger partial charge >= 0.3 is 0 Å². The van der Waals surface area contributed by atoms with Gasteiger partial charge in [0.1, 0.15) is 0 Å². The van der Waals surface area contributed by atoms with Gasteiger partial charge in [-0.2, -0.15) is 0 Å². The van der Waals surface area contributed by atoms with Crippen LogP contribution in [-0.2, 0) is 14.4 Å². The van der Waals surface area contributed by atoms with Crippen molar-refractivity contribution in [2.24, 2.45) is 5.41 Å². The Labute approximate surface area is 84.1 Å². The lowest BCUT2D eigenvalue weighted by Crippen LogP contribution is -2.41. The number of hydrogen-bond acceptors (Lipinski definition) is 3. The zero-order valence-corrected chi connectivity index (χ0v) is 9.14. The lowest BCUT2D eigenvalue weighted by molar-refractivity contribution is -0.136. The summed E-state index contributed by atoms with van der Waals surface area (Å²) < 4.78 is 0. The molecule has 5 heteroatoms. The molecular weight excluding hydrogens is 184 g/mol. The van der Waals surface area contributed by atoms with Gasteiger partial charge < -0.3 is 5.32 Å². The molecule has 14 heavy (non-hydrogen) atoms. The summed E-state index contributed by atoms with van der Waals surface area (Å²) in [7, 11) is 0. The molecule has 0 aromatic carbocycles. The van der Waals surface area contributed by atoms with Crippen LogP contribution >= 0.6 is 0 Å². The highest BCUT2D eigenvalue weighted by atomic mass is 16.6. The Morgan fingerprint density at radius 3 is 2.29 bits per heavy atom. The van der Waals surface area contributed by atoms with Crippen molar-refractivity contribution in [2.75, 3.05) is 13.2 Å². The quantitative estimate of drug-likeness (QED) is 0.641. The molecular formula is C9H18N2O3. The summed E-state index contributed by atoms with van der Waals surface area (Å²) in [6, 6.07) is 0. The van der Waals surface area contributed by atoms with Crippen LogP contribution in [-0.4, -0.2) is 25.0 Å². The Kier molecular flexibility index (Phi) is 5.15. The van der Waals surface area contributed by atoms with Crippen LogP contribution in [0.3, 0.4) is 0 Å². The van der Waals surface area contributed by atoms with Crippen LogP contribution in [0.2, 0.25) is 0 Å². The molecule has 0 radical (unpaired) electrons. The molecule has 0 saturated heterocycles. The molecule has 5 nitrogen and oxygen atoms in total. The SMILES string of the molecule is CCONC(=O)CNC(=O)C(C)(C)C.